The van der Waals surface area contributed by atoms with E-state index in [2.05, 4.69) is 0 Å². The summed E-state index contributed by atoms with van der Waals surface area (Å²) in [4.78, 5) is 12.4. The van der Waals surface area contributed by atoms with E-state index in [1.807, 2.05) is 24.3 Å². The number of ether oxygens (including phenoxy) is 3. The molecule has 3 rings (SSSR count). The van der Waals surface area contributed by atoms with E-state index in [1.54, 1.807) is 13.2 Å². The Morgan fingerprint density at radius 1 is 1.09 bits per heavy atom. The van der Waals surface area contributed by atoms with Crippen LogP contribution in [-0.4, -0.2) is 25.1 Å². The Hall–Kier alpha value is -2.69. The highest BCUT2D eigenvalue weighted by Crippen LogP contribution is 2.43. The van der Waals surface area contributed by atoms with Crippen molar-refractivity contribution in [2.45, 2.75) is 12.5 Å². The summed E-state index contributed by atoms with van der Waals surface area (Å²) in [6.07, 6.45) is -0.167. The molecule has 0 aliphatic carbocycles. The lowest BCUT2D eigenvalue weighted by atomic mass is 9.95. The number of fused-ring (bicyclic) bond motifs is 1. The predicted octanol–water partition coefficient (Wildman–Crippen LogP) is 3.12. The fourth-order valence-corrected chi connectivity index (χ4v) is 2.59. The van der Waals surface area contributed by atoms with Crippen molar-refractivity contribution in [3.8, 4) is 23.0 Å². The van der Waals surface area contributed by atoms with E-state index in [0.29, 0.717) is 11.3 Å². The van der Waals surface area contributed by atoms with Gasteiger partial charge in [0, 0.05) is 0 Å². The number of carbonyl (C=O) groups is 1. The lowest BCUT2D eigenvalue weighted by Crippen LogP contribution is -2.21. The maximum absolute atomic E-state index is 12.4. The van der Waals surface area contributed by atoms with Crippen molar-refractivity contribution >= 4 is 5.78 Å². The van der Waals surface area contributed by atoms with Gasteiger partial charge in [-0.25, -0.2) is 0 Å². The highest BCUT2D eigenvalue weighted by Gasteiger charge is 2.31. The maximum atomic E-state index is 12.4. The van der Waals surface area contributed by atoms with Gasteiger partial charge >= 0.3 is 0 Å². The van der Waals surface area contributed by atoms with Crippen LogP contribution in [0.1, 0.15) is 28.4 Å². The van der Waals surface area contributed by atoms with E-state index in [9.17, 15) is 9.90 Å². The SMILES string of the molecule is COc1ccc([C@@H]2CC(=O)c3c(ccc(O)c3OC)O2)cc1. The minimum atomic E-state index is -0.361. The summed E-state index contributed by atoms with van der Waals surface area (Å²) in [7, 11) is 3.02. The number of Topliss-reactive ketones (excluding diaryl/α,β-unsaturated/α-hetero) is 1. The number of carbonyl (C=O) groups excluding carboxylic acids is 1. The van der Waals surface area contributed by atoms with Crippen molar-refractivity contribution in [1.82, 2.24) is 0 Å². The highest BCUT2D eigenvalue weighted by molar-refractivity contribution is 6.03. The van der Waals surface area contributed by atoms with Gasteiger partial charge in [0.1, 0.15) is 23.2 Å². The molecule has 0 fully saturated rings. The van der Waals surface area contributed by atoms with Crippen LogP contribution in [0.15, 0.2) is 36.4 Å². The van der Waals surface area contributed by atoms with Gasteiger partial charge in [-0.3, -0.25) is 4.79 Å². The molecule has 114 valence electrons. The number of rotatable bonds is 3. The first-order chi connectivity index (χ1) is 10.6. The van der Waals surface area contributed by atoms with E-state index in [4.69, 9.17) is 14.2 Å². The zero-order valence-electron chi connectivity index (χ0n) is 12.3. The molecular formula is C17H16O5. The molecule has 1 aliphatic rings. The lowest BCUT2D eigenvalue weighted by molar-refractivity contribution is 0.0843. The Bertz CT molecular complexity index is 706. The van der Waals surface area contributed by atoms with Crippen molar-refractivity contribution in [2.75, 3.05) is 14.2 Å². The molecule has 0 spiro atoms. The molecule has 5 heteroatoms. The average molecular weight is 300 g/mol. The second-order valence-corrected chi connectivity index (χ2v) is 5.00. The van der Waals surface area contributed by atoms with Crippen LogP contribution >= 0.6 is 0 Å². The van der Waals surface area contributed by atoms with Crippen molar-refractivity contribution < 1.29 is 24.1 Å². The van der Waals surface area contributed by atoms with Gasteiger partial charge in [-0.2, -0.15) is 0 Å². The van der Waals surface area contributed by atoms with Crippen LogP contribution in [0.25, 0.3) is 0 Å². The molecule has 0 saturated heterocycles. The van der Waals surface area contributed by atoms with Crippen molar-refractivity contribution in [3.05, 3.63) is 47.5 Å². The molecule has 1 heterocycles. The van der Waals surface area contributed by atoms with Gasteiger partial charge in [-0.1, -0.05) is 12.1 Å². The van der Waals surface area contributed by atoms with Crippen LogP contribution in [0.5, 0.6) is 23.0 Å². The second-order valence-electron chi connectivity index (χ2n) is 5.00. The predicted molar refractivity (Wildman–Crippen MR) is 80.0 cm³/mol. The molecule has 0 unspecified atom stereocenters. The molecule has 0 radical (unpaired) electrons. The Morgan fingerprint density at radius 3 is 2.45 bits per heavy atom. The zero-order chi connectivity index (χ0) is 15.7. The number of phenolic OH excluding ortho intramolecular Hbond substituents is 1. The van der Waals surface area contributed by atoms with E-state index < -0.39 is 0 Å². The van der Waals surface area contributed by atoms with Gasteiger partial charge in [0.2, 0.25) is 0 Å². The van der Waals surface area contributed by atoms with E-state index in [1.165, 1.54) is 13.2 Å². The number of benzene rings is 2. The summed E-state index contributed by atoms with van der Waals surface area (Å²) in [5.41, 5.74) is 1.19. The minimum Gasteiger partial charge on any atom is -0.504 e. The first-order valence-corrected chi connectivity index (χ1v) is 6.87. The quantitative estimate of drug-likeness (QED) is 0.943. The first kappa shape index (κ1) is 14.3. The molecule has 2 aromatic carbocycles. The Balaban J connectivity index is 1.95. The zero-order valence-corrected chi connectivity index (χ0v) is 12.3. The molecular weight excluding hydrogens is 284 g/mol. The van der Waals surface area contributed by atoms with Crippen LogP contribution in [-0.2, 0) is 0 Å². The summed E-state index contributed by atoms with van der Waals surface area (Å²) in [5, 5.41) is 9.78. The molecule has 0 aromatic heterocycles. The molecule has 2 aromatic rings. The molecule has 5 nitrogen and oxygen atoms in total. The van der Waals surface area contributed by atoms with Crippen LogP contribution in [0.4, 0.5) is 0 Å². The molecule has 0 saturated carbocycles. The number of phenols is 1. The van der Waals surface area contributed by atoms with Crippen LogP contribution in [0.2, 0.25) is 0 Å². The van der Waals surface area contributed by atoms with Gasteiger partial charge in [0.25, 0.3) is 0 Å². The number of hydrogen-bond acceptors (Lipinski definition) is 5. The highest BCUT2D eigenvalue weighted by atomic mass is 16.5. The van der Waals surface area contributed by atoms with E-state index in [0.717, 1.165) is 11.3 Å². The molecule has 22 heavy (non-hydrogen) atoms. The van der Waals surface area contributed by atoms with Crippen molar-refractivity contribution in [3.63, 3.8) is 0 Å². The van der Waals surface area contributed by atoms with Gasteiger partial charge in [-0.05, 0) is 29.8 Å². The van der Waals surface area contributed by atoms with Crippen molar-refractivity contribution in [2.24, 2.45) is 0 Å². The van der Waals surface area contributed by atoms with E-state index >= 15 is 0 Å². The number of ketones is 1. The summed E-state index contributed by atoms with van der Waals surface area (Å²) in [5.74, 6) is 1.15. The minimum absolute atomic E-state index is 0.0684. The van der Waals surface area contributed by atoms with Gasteiger partial charge in [0.05, 0.1) is 20.6 Å². The summed E-state index contributed by atoms with van der Waals surface area (Å²) < 4.78 is 16.1. The topological polar surface area (TPSA) is 65.0 Å². The first-order valence-electron chi connectivity index (χ1n) is 6.87. The van der Waals surface area contributed by atoms with Crippen LogP contribution in [0, 0.1) is 0 Å². The van der Waals surface area contributed by atoms with Gasteiger partial charge in [-0.15, -0.1) is 0 Å². The third kappa shape index (κ3) is 2.35. The molecule has 1 atom stereocenters. The Labute approximate surface area is 128 Å². The number of hydrogen-bond donors (Lipinski definition) is 1. The number of aromatic hydroxyl groups is 1. The normalized spacial score (nSPS) is 16.6. The molecule has 0 amide bonds. The third-order valence-corrected chi connectivity index (χ3v) is 3.71. The van der Waals surface area contributed by atoms with Gasteiger partial charge in [0.15, 0.2) is 17.3 Å². The fourth-order valence-electron chi connectivity index (χ4n) is 2.59. The van der Waals surface area contributed by atoms with E-state index in [-0.39, 0.29) is 29.8 Å². The maximum Gasteiger partial charge on any atom is 0.175 e. The Morgan fingerprint density at radius 2 is 1.82 bits per heavy atom. The monoisotopic (exact) mass is 300 g/mol. The fraction of sp³-hybridized carbons (Fsp3) is 0.235. The summed E-state index contributed by atoms with van der Waals surface area (Å²) >= 11 is 0. The number of methoxy groups -OCH3 is 2. The van der Waals surface area contributed by atoms with Gasteiger partial charge < -0.3 is 19.3 Å². The average Bonchev–Trinajstić information content (AvgIpc) is 2.55. The smallest absolute Gasteiger partial charge is 0.175 e. The standard InChI is InChI=1S/C17H16O5/c1-20-11-5-3-10(4-6-11)15-9-13(19)16-14(22-15)8-7-12(18)17(16)21-2/h3-8,15,18H,9H2,1-2H3/t15-/m0/s1. The van der Waals surface area contributed by atoms with Crippen LogP contribution in [0.3, 0.4) is 0 Å². The third-order valence-electron chi connectivity index (χ3n) is 3.71. The molecule has 0 bridgehead atoms. The lowest BCUT2D eigenvalue weighted by Gasteiger charge is -2.26. The molecule has 1 aliphatic heterocycles. The summed E-state index contributed by atoms with van der Waals surface area (Å²) in [6, 6.07) is 10.5. The summed E-state index contributed by atoms with van der Waals surface area (Å²) in [6.45, 7) is 0. The second kappa shape index (κ2) is 5.60. The van der Waals surface area contributed by atoms with Crippen molar-refractivity contribution in [1.29, 1.82) is 0 Å². The molecule has 1 N–H and O–H groups in total. The Kier molecular flexibility index (Phi) is 3.63. The largest absolute Gasteiger partial charge is 0.504 e. The van der Waals surface area contributed by atoms with Crippen LogP contribution < -0.4 is 14.2 Å².